The van der Waals surface area contributed by atoms with Crippen LogP contribution < -0.4 is 15.4 Å². The summed E-state index contributed by atoms with van der Waals surface area (Å²) in [5, 5.41) is 5.86. The number of rotatable bonds is 7. The Kier molecular flexibility index (Phi) is 8.46. The van der Waals surface area contributed by atoms with E-state index in [1.807, 2.05) is 23.1 Å². The van der Waals surface area contributed by atoms with Crippen molar-refractivity contribution in [1.29, 1.82) is 0 Å². The lowest BCUT2D eigenvalue weighted by atomic mass is 10.1. The van der Waals surface area contributed by atoms with Gasteiger partial charge in [0.05, 0.1) is 6.61 Å². The molecule has 1 heterocycles. The van der Waals surface area contributed by atoms with E-state index in [1.165, 1.54) is 12.0 Å². The van der Waals surface area contributed by atoms with Crippen LogP contribution in [0.15, 0.2) is 78.9 Å². The molecule has 2 amide bonds. The Labute approximate surface area is 211 Å². The molecule has 7 heteroatoms. The van der Waals surface area contributed by atoms with E-state index in [-0.39, 0.29) is 16.9 Å². The van der Waals surface area contributed by atoms with Gasteiger partial charge in [-0.25, -0.2) is 0 Å². The number of carbonyl (C=O) groups is 2. The van der Waals surface area contributed by atoms with E-state index < -0.39 is 0 Å². The van der Waals surface area contributed by atoms with Crippen LogP contribution in [0.2, 0.25) is 0 Å². The van der Waals surface area contributed by atoms with Crippen LogP contribution in [0, 0.1) is 0 Å². The Balaban J connectivity index is 1.23. The molecule has 0 atom stereocenters. The molecule has 1 saturated heterocycles. The molecule has 1 fully saturated rings. The standard InChI is InChI=1S/C28H29N3O3S/c32-26(22-11-15-25(16-12-22)34-20-17-21-7-3-1-4-8-21)30-28(35)29-24-13-9-23(10-14-24)27(33)31-18-5-2-6-19-31/h1,3-4,7-16H,2,5-6,17-20H2,(H2,29,30,32,35). The maximum atomic E-state index is 12.6. The van der Waals surface area contributed by atoms with Crippen molar-refractivity contribution in [3.05, 3.63) is 95.6 Å². The molecule has 0 saturated carbocycles. The van der Waals surface area contributed by atoms with Crippen LogP contribution in [0.5, 0.6) is 5.75 Å². The minimum Gasteiger partial charge on any atom is -0.493 e. The van der Waals surface area contributed by atoms with Crippen molar-refractivity contribution in [3.63, 3.8) is 0 Å². The third-order valence-corrected chi connectivity index (χ3v) is 6.08. The van der Waals surface area contributed by atoms with E-state index in [9.17, 15) is 9.59 Å². The molecule has 6 nitrogen and oxygen atoms in total. The Hall–Kier alpha value is -3.71. The lowest BCUT2D eigenvalue weighted by Crippen LogP contribution is -2.35. The smallest absolute Gasteiger partial charge is 0.257 e. The molecule has 3 aromatic rings. The molecule has 1 aliphatic rings. The van der Waals surface area contributed by atoms with E-state index in [2.05, 4.69) is 22.8 Å². The van der Waals surface area contributed by atoms with Gasteiger partial charge in [0.25, 0.3) is 11.8 Å². The predicted octanol–water partition coefficient (Wildman–Crippen LogP) is 5.06. The Morgan fingerprint density at radius 2 is 1.49 bits per heavy atom. The predicted molar refractivity (Wildman–Crippen MR) is 142 cm³/mol. The zero-order chi connectivity index (χ0) is 24.5. The average Bonchev–Trinajstić information content (AvgIpc) is 2.90. The summed E-state index contributed by atoms with van der Waals surface area (Å²) in [6, 6.07) is 24.2. The minimum absolute atomic E-state index is 0.0552. The molecule has 0 aliphatic carbocycles. The van der Waals surface area contributed by atoms with Crippen molar-refractivity contribution in [1.82, 2.24) is 10.2 Å². The number of hydrogen-bond donors (Lipinski definition) is 2. The summed E-state index contributed by atoms with van der Waals surface area (Å²) in [5.41, 5.74) is 3.05. The largest absolute Gasteiger partial charge is 0.493 e. The number of nitrogens with zero attached hydrogens (tertiary/aromatic N) is 1. The first-order valence-corrected chi connectivity index (χ1v) is 12.3. The summed E-state index contributed by atoms with van der Waals surface area (Å²) in [6.45, 7) is 2.19. The van der Waals surface area contributed by atoms with Crippen LogP contribution in [0.3, 0.4) is 0 Å². The number of ether oxygens (including phenoxy) is 1. The summed E-state index contributed by atoms with van der Waals surface area (Å²) in [7, 11) is 0. The van der Waals surface area contributed by atoms with Gasteiger partial charge in [-0.1, -0.05) is 30.3 Å². The number of likely N-dealkylation sites (tertiary alicyclic amines) is 1. The van der Waals surface area contributed by atoms with Gasteiger partial charge >= 0.3 is 0 Å². The van der Waals surface area contributed by atoms with E-state index >= 15 is 0 Å². The van der Waals surface area contributed by atoms with E-state index in [4.69, 9.17) is 17.0 Å². The van der Waals surface area contributed by atoms with Gasteiger partial charge in [0.15, 0.2) is 5.11 Å². The molecule has 0 aromatic heterocycles. The van der Waals surface area contributed by atoms with Crippen LogP contribution in [-0.2, 0) is 6.42 Å². The molecule has 0 spiro atoms. The lowest BCUT2D eigenvalue weighted by molar-refractivity contribution is 0.0724. The van der Waals surface area contributed by atoms with Crippen molar-refractivity contribution in [2.75, 3.05) is 25.0 Å². The Morgan fingerprint density at radius 3 is 2.17 bits per heavy atom. The van der Waals surface area contributed by atoms with Gasteiger partial charge in [-0.2, -0.15) is 0 Å². The van der Waals surface area contributed by atoms with Crippen molar-refractivity contribution in [2.24, 2.45) is 0 Å². The van der Waals surface area contributed by atoms with Crippen LogP contribution >= 0.6 is 12.2 Å². The zero-order valence-corrected chi connectivity index (χ0v) is 20.4. The topological polar surface area (TPSA) is 70.7 Å². The van der Waals surface area contributed by atoms with Crippen molar-refractivity contribution >= 4 is 34.8 Å². The van der Waals surface area contributed by atoms with Gasteiger partial charge in [-0.05, 0) is 85.6 Å². The van der Waals surface area contributed by atoms with E-state index in [0.29, 0.717) is 29.2 Å². The highest BCUT2D eigenvalue weighted by Crippen LogP contribution is 2.16. The normalized spacial score (nSPS) is 13.1. The number of thiocarbonyl (C=S) groups is 1. The van der Waals surface area contributed by atoms with Crippen LogP contribution in [-0.4, -0.2) is 41.5 Å². The monoisotopic (exact) mass is 487 g/mol. The minimum atomic E-state index is -0.310. The number of carbonyl (C=O) groups excluding carboxylic acids is 2. The van der Waals surface area contributed by atoms with Crippen LogP contribution in [0.4, 0.5) is 5.69 Å². The maximum absolute atomic E-state index is 12.6. The number of hydrogen-bond acceptors (Lipinski definition) is 4. The molecule has 35 heavy (non-hydrogen) atoms. The summed E-state index contributed by atoms with van der Waals surface area (Å²) in [4.78, 5) is 27.0. The van der Waals surface area contributed by atoms with Gasteiger partial charge in [0.1, 0.15) is 5.75 Å². The van der Waals surface area contributed by atoms with Crippen molar-refractivity contribution in [3.8, 4) is 5.75 Å². The molecule has 2 N–H and O–H groups in total. The maximum Gasteiger partial charge on any atom is 0.257 e. The molecule has 0 unspecified atom stereocenters. The first kappa shape index (κ1) is 24.4. The number of anilines is 1. The molecule has 4 rings (SSSR count). The molecule has 180 valence electrons. The molecular formula is C28H29N3O3S. The van der Waals surface area contributed by atoms with Crippen molar-refractivity contribution in [2.45, 2.75) is 25.7 Å². The second kappa shape index (κ2) is 12.1. The molecule has 1 aliphatic heterocycles. The molecule has 3 aromatic carbocycles. The first-order valence-electron chi connectivity index (χ1n) is 11.9. The van der Waals surface area contributed by atoms with Gasteiger partial charge in [0.2, 0.25) is 0 Å². The highest BCUT2D eigenvalue weighted by Gasteiger charge is 2.18. The fourth-order valence-corrected chi connectivity index (χ4v) is 4.16. The SMILES string of the molecule is O=C(NC(=S)Nc1ccc(C(=O)N2CCCCC2)cc1)c1ccc(OCCc2ccccc2)cc1. The average molecular weight is 488 g/mol. The fraction of sp³-hybridized carbons (Fsp3) is 0.250. The molecule has 0 bridgehead atoms. The third kappa shape index (κ3) is 7.13. The summed E-state index contributed by atoms with van der Waals surface area (Å²) in [5.74, 6) is 0.451. The van der Waals surface area contributed by atoms with Gasteiger partial charge in [-0.3, -0.25) is 14.9 Å². The second-order valence-electron chi connectivity index (χ2n) is 8.45. The molecule has 0 radical (unpaired) electrons. The van der Waals surface area contributed by atoms with Gasteiger partial charge < -0.3 is 15.0 Å². The summed E-state index contributed by atoms with van der Waals surface area (Å²) >= 11 is 5.29. The van der Waals surface area contributed by atoms with Crippen LogP contribution in [0.1, 0.15) is 45.5 Å². The van der Waals surface area contributed by atoms with Gasteiger partial charge in [-0.15, -0.1) is 0 Å². The highest BCUT2D eigenvalue weighted by atomic mass is 32.1. The number of amides is 2. The zero-order valence-electron chi connectivity index (χ0n) is 19.5. The quantitative estimate of drug-likeness (QED) is 0.456. The third-order valence-electron chi connectivity index (χ3n) is 5.88. The van der Waals surface area contributed by atoms with Crippen LogP contribution in [0.25, 0.3) is 0 Å². The second-order valence-corrected chi connectivity index (χ2v) is 8.86. The number of piperidine rings is 1. The van der Waals surface area contributed by atoms with E-state index in [1.54, 1.807) is 48.5 Å². The number of benzene rings is 3. The lowest BCUT2D eigenvalue weighted by Gasteiger charge is -2.26. The summed E-state index contributed by atoms with van der Waals surface area (Å²) in [6.07, 6.45) is 4.12. The van der Waals surface area contributed by atoms with E-state index in [0.717, 1.165) is 32.4 Å². The fourth-order valence-electron chi connectivity index (χ4n) is 3.95. The van der Waals surface area contributed by atoms with Gasteiger partial charge in [0, 0.05) is 36.3 Å². The Bertz CT molecular complexity index is 1140. The molecular weight excluding hydrogens is 458 g/mol. The summed E-state index contributed by atoms with van der Waals surface area (Å²) < 4.78 is 5.77. The van der Waals surface area contributed by atoms with Crippen molar-refractivity contribution < 1.29 is 14.3 Å². The highest BCUT2D eigenvalue weighted by molar-refractivity contribution is 7.80. The number of nitrogens with one attached hydrogen (secondary N) is 2. The Morgan fingerprint density at radius 1 is 0.829 bits per heavy atom. The first-order chi connectivity index (χ1) is 17.1.